The summed E-state index contributed by atoms with van der Waals surface area (Å²) in [5, 5.41) is 4.06. The van der Waals surface area contributed by atoms with Crippen LogP contribution in [-0.4, -0.2) is 24.9 Å². The van der Waals surface area contributed by atoms with Crippen LogP contribution in [0, 0.1) is 0 Å². The summed E-state index contributed by atoms with van der Waals surface area (Å²) in [6, 6.07) is 12.4. The van der Waals surface area contributed by atoms with Crippen LogP contribution in [0.2, 0.25) is 0 Å². The van der Waals surface area contributed by atoms with Crippen molar-refractivity contribution in [3.8, 4) is 11.5 Å². The van der Waals surface area contributed by atoms with Crippen LogP contribution in [0.15, 0.2) is 52.1 Å². The number of oxime groups is 1. The molecule has 0 bridgehead atoms. The summed E-state index contributed by atoms with van der Waals surface area (Å²) < 4.78 is 11.9. The Morgan fingerprint density at radius 2 is 2.00 bits per heavy atom. The van der Waals surface area contributed by atoms with Crippen LogP contribution in [0.25, 0.3) is 0 Å². The fourth-order valence-corrected chi connectivity index (χ4v) is 2.69. The van der Waals surface area contributed by atoms with E-state index < -0.39 is 5.97 Å². The number of fused-ring (bicyclic) bond motifs is 1. The van der Waals surface area contributed by atoms with Gasteiger partial charge in [-0.1, -0.05) is 21.1 Å². The van der Waals surface area contributed by atoms with Gasteiger partial charge in [0.15, 0.2) is 0 Å². The lowest BCUT2D eigenvalue weighted by molar-refractivity contribution is 0.0513. The Morgan fingerprint density at radius 1 is 1.25 bits per heavy atom. The molecule has 0 N–H and O–H groups in total. The van der Waals surface area contributed by atoms with Gasteiger partial charge in [-0.05, 0) is 43.3 Å². The second-order valence-electron chi connectivity index (χ2n) is 5.42. The van der Waals surface area contributed by atoms with Gasteiger partial charge in [0.05, 0.1) is 18.4 Å². The van der Waals surface area contributed by atoms with E-state index in [2.05, 4.69) is 21.1 Å². The van der Waals surface area contributed by atoms with E-state index in [1.165, 1.54) is 0 Å². The number of benzene rings is 2. The molecule has 1 heterocycles. The molecule has 5 nitrogen and oxygen atoms in total. The van der Waals surface area contributed by atoms with Gasteiger partial charge in [0.25, 0.3) is 0 Å². The summed E-state index contributed by atoms with van der Waals surface area (Å²) in [4.78, 5) is 17.2. The third-order valence-corrected chi connectivity index (χ3v) is 4.16. The van der Waals surface area contributed by atoms with Crippen LogP contribution in [0.4, 0.5) is 0 Å². The van der Waals surface area contributed by atoms with Crippen molar-refractivity contribution in [3.05, 3.63) is 58.1 Å². The molecular weight excluding hydrogens is 374 g/mol. The molecule has 1 aliphatic heterocycles. The van der Waals surface area contributed by atoms with Gasteiger partial charge in [0, 0.05) is 22.5 Å². The Labute approximate surface area is 148 Å². The maximum atomic E-state index is 12.1. The monoisotopic (exact) mass is 389 g/mol. The summed E-state index contributed by atoms with van der Waals surface area (Å²) in [7, 11) is 1.60. The molecule has 0 radical (unpaired) electrons. The van der Waals surface area contributed by atoms with Gasteiger partial charge in [-0.25, -0.2) is 4.79 Å². The van der Waals surface area contributed by atoms with Crippen LogP contribution in [0.1, 0.15) is 29.3 Å². The molecule has 1 atom stereocenters. The van der Waals surface area contributed by atoms with E-state index in [1.54, 1.807) is 37.4 Å². The summed E-state index contributed by atoms with van der Waals surface area (Å²) in [6.07, 6.45) is 0.502. The molecule has 0 unspecified atom stereocenters. The first-order valence-electron chi connectivity index (χ1n) is 7.45. The van der Waals surface area contributed by atoms with Crippen LogP contribution >= 0.6 is 15.9 Å². The van der Waals surface area contributed by atoms with Gasteiger partial charge in [-0.3, -0.25) is 0 Å². The second kappa shape index (κ2) is 7.05. The number of ether oxygens (including phenoxy) is 2. The van der Waals surface area contributed by atoms with Crippen molar-refractivity contribution in [3.63, 3.8) is 0 Å². The minimum Gasteiger partial charge on any atom is -0.497 e. The third-order valence-electron chi connectivity index (χ3n) is 3.63. The Balaban J connectivity index is 1.83. The van der Waals surface area contributed by atoms with E-state index in [4.69, 9.17) is 14.3 Å². The lowest BCUT2D eigenvalue weighted by Crippen LogP contribution is -2.25. The average Bonchev–Trinajstić information content (AvgIpc) is 2.59. The highest BCUT2D eigenvalue weighted by atomic mass is 79.9. The maximum Gasteiger partial charge on any atom is 0.365 e. The SMILES string of the molecule is COc1ccc2c(c1)O[C@H](C)C/C2=N\OC(=O)c1ccc(Br)cc1. The van der Waals surface area contributed by atoms with Crippen molar-refractivity contribution in [1.29, 1.82) is 0 Å². The predicted octanol–water partition coefficient (Wildman–Crippen LogP) is 4.19. The quantitative estimate of drug-likeness (QED) is 0.583. The molecule has 0 aromatic heterocycles. The third kappa shape index (κ3) is 3.59. The van der Waals surface area contributed by atoms with Gasteiger partial charge in [0.1, 0.15) is 17.6 Å². The molecule has 124 valence electrons. The molecule has 0 amide bonds. The predicted molar refractivity (Wildman–Crippen MR) is 93.8 cm³/mol. The number of methoxy groups -OCH3 is 1. The largest absolute Gasteiger partial charge is 0.497 e. The zero-order valence-corrected chi connectivity index (χ0v) is 14.9. The summed E-state index contributed by atoms with van der Waals surface area (Å²) in [5.41, 5.74) is 1.92. The van der Waals surface area contributed by atoms with E-state index in [9.17, 15) is 4.79 Å². The fourth-order valence-electron chi connectivity index (χ4n) is 2.43. The Bertz CT molecular complexity index is 786. The zero-order chi connectivity index (χ0) is 17.1. The number of hydrogen-bond acceptors (Lipinski definition) is 5. The molecule has 0 fully saturated rings. The van der Waals surface area contributed by atoms with Crippen molar-refractivity contribution in [2.45, 2.75) is 19.4 Å². The first-order valence-corrected chi connectivity index (χ1v) is 8.25. The lowest BCUT2D eigenvalue weighted by atomic mass is 10.0. The smallest absolute Gasteiger partial charge is 0.365 e. The molecule has 1 aliphatic rings. The van der Waals surface area contributed by atoms with E-state index in [-0.39, 0.29) is 6.10 Å². The maximum absolute atomic E-state index is 12.1. The van der Waals surface area contributed by atoms with Crippen molar-refractivity contribution < 1.29 is 19.1 Å². The minimum absolute atomic E-state index is 0.0604. The van der Waals surface area contributed by atoms with Crippen molar-refractivity contribution in [2.24, 2.45) is 5.16 Å². The number of carbonyl (C=O) groups excluding carboxylic acids is 1. The molecule has 3 rings (SSSR count). The van der Waals surface area contributed by atoms with E-state index in [0.717, 1.165) is 10.0 Å². The Hall–Kier alpha value is -2.34. The van der Waals surface area contributed by atoms with E-state index in [1.807, 2.05) is 19.1 Å². The number of nitrogens with zero attached hydrogens (tertiary/aromatic N) is 1. The minimum atomic E-state index is -0.496. The molecule has 2 aromatic carbocycles. The molecule has 2 aromatic rings. The average molecular weight is 390 g/mol. The Kier molecular flexibility index (Phi) is 4.85. The summed E-state index contributed by atoms with van der Waals surface area (Å²) >= 11 is 3.33. The highest BCUT2D eigenvalue weighted by Gasteiger charge is 2.23. The van der Waals surface area contributed by atoms with Gasteiger partial charge < -0.3 is 14.3 Å². The summed E-state index contributed by atoms with van der Waals surface area (Å²) in [6.45, 7) is 1.94. The second-order valence-corrected chi connectivity index (χ2v) is 6.33. The highest BCUT2D eigenvalue weighted by Crippen LogP contribution is 2.31. The van der Waals surface area contributed by atoms with Crippen LogP contribution in [0.5, 0.6) is 11.5 Å². The first kappa shape index (κ1) is 16.5. The first-order chi connectivity index (χ1) is 11.6. The lowest BCUT2D eigenvalue weighted by Gasteiger charge is -2.24. The van der Waals surface area contributed by atoms with Gasteiger partial charge >= 0.3 is 5.97 Å². The molecule has 0 spiro atoms. The fraction of sp³-hybridized carbons (Fsp3) is 0.222. The summed E-state index contributed by atoms with van der Waals surface area (Å²) in [5.74, 6) is 0.879. The van der Waals surface area contributed by atoms with Crippen molar-refractivity contribution >= 4 is 27.6 Å². The molecule has 0 aliphatic carbocycles. The molecule has 0 saturated carbocycles. The van der Waals surface area contributed by atoms with Gasteiger partial charge in [-0.2, -0.15) is 0 Å². The topological polar surface area (TPSA) is 57.1 Å². The highest BCUT2D eigenvalue weighted by molar-refractivity contribution is 9.10. The molecular formula is C18H16BrNO4. The van der Waals surface area contributed by atoms with Crippen molar-refractivity contribution in [2.75, 3.05) is 7.11 Å². The molecule has 24 heavy (non-hydrogen) atoms. The van der Waals surface area contributed by atoms with E-state index >= 15 is 0 Å². The van der Waals surface area contributed by atoms with E-state index in [0.29, 0.717) is 29.2 Å². The van der Waals surface area contributed by atoms with Gasteiger partial charge in [0.2, 0.25) is 0 Å². The van der Waals surface area contributed by atoms with Gasteiger partial charge in [-0.15, -0.1) is 0 Å². The molecule has 0 saturated heterocycles. The number of halogens is 1. The van der Waals surface area contributed by atoms with Crippen LogP contribution < -0.4 is 9.47 Å². The number of carbonyl (C=O) groups is 1. The normalized spacial score (nSPS) is 17.8. The molecule has 6 heteroatoms. The Morgan fingerprint density at radius 3 is 2.71 bits per heavy atom. The number of rotatable bonds is 3. The van der Waals surface area contributed by atoms with Crippen LogP contribution in [-0.2, 0) is 4.84 Å². The standard InChI is InChI=1S/C18H16BrNO4/c1-11-9-16(15-8-7-14(22-2)10-17(15)23-11)20-24-18(21)12-3-5-13(19)6-4-12/h3-8,10-11H,9H2,1-2H3/b20-16+/t11-/m1/s1. The van der Waals surface area contributed by atoms with Crippen LogP contribution in [0.3, 0.4) is 0 Å². The number of hydrogen-bond donors (Lipinski definition) is 0. The van der Waals surface area contributed by atoms with Crippen molar-refractivity contribution in [1.82, 2.24) is 0 Å². The zero-order valence-electron chi connectivity index (χ0n) is 13.3.